The normalized spacial score (nSPS) is 10.9. The van der Waals surface area contributed by atoms with E-state index in [1.54, 1.807) is 6.07 Å². The Kier molecular flexibility index (Phi) is 2.62. The van der Waals surface area contributed by atoms with Crippen molar-refractivity contribution in [1.29, 1.82) is 0 Å². The molecule has 0 unspecified atom stereocenters. The molecule has 0 aliphatic rings. The zero-order chi connectivity index (χ0) is 11.7. The van der Waals surface area contributed by atoms with Gasteiger partial charge in [-0.25, -0.2) is 9.18 Å². The number of fused-ring (bicyclic) bond motifs is 1. The Bertz CT molecular complexity index is 544. The van der Waals surface area contributed by atoms with Crippen molar-refractivity contribution in [2.75, 3.05) is 7.11 Å². The second-order valence-corrected chi connectivity index (χ2v) is 3.26. The van der Waals surface area contributed by atoms with Crippen molar-refractivity contribution in [3.05, 3.63) is 35.3 Å². The van der Waals surface area contributed by atoms with Crippen LogP contribution in [0, 0.1) is 5.82 Å². The Morgan fingerprint density at radius 3 is 2.94 bits per heavy atom. The highest BCUT2D eigenvalue weighted by atomic mass is 19.1. The first-order valence-electron chi connectivity index (χ1n) is 4.57. The second-order valence-electron chi connectivity index (χ2n) is 3.26. The first kappa shape index (κ1) is 10.6. The molecule has 1 aromatic heterocycles. The minimum Gasteiger partial charge on any atom is -0.475 e. The third-order valence-electron chi connectivity index (χ3n) is 2.25. The zero-order valence-electron chi connectivity index (χ0n) is 8.49. The number of carboxylic acid groups (broad SMARTS) is 1. The van der Waals surface area contributed by atoms with E-state index in [0.29, 0.717) is 10.9 Å². The van der Waals surface area contributed by atoms with Gasteiger partial charge in [0.25, 0.3) is 0 Å². The van der Waals surface area contributed by atoms with Gasteiger partial charge in [0.15, 0.2) is 11.4 Å². The molecule has 1 heterocycles. The van der Waals surface area contributed by atoms with Crippen LogP contribution in [0.4, 0.5) is 4.39 Å². The molecule has 2 rings (SSSR count). The van der Waals surface area contributed by atoms with Gasteiger partial charge in [0.05, 0.1) is 6.61 Å². The lowest BCUT2D eigenvalue weighted by molar-refractivity contribution is 0.0658. The SMILES string of the molecule is COCc1c(C(=O)O)oc2c(F)cccc12. The molecule has 0 amide bonds. The molecule has 0 fully saturated rings. The average molecular weight is 224 g/mol. The number of carbonyl (C=O) groups is 1. The van der Waals surface area contributed by atoms with Gasteiger partial charge in [0.2, 0.25) is 5.76 Å². The van der Waals surface area contributed by atoms with Crippen molar-refractivity contribution in [3.63, 3.8) is 0 Å². The number of methoxy groups -OCH3 is 1. The lowest BCUT2D eigenvalue weighted by atomic mass is 10.1. The van der Waals surface area contributed by atoms with Crippen LogP contribution in [0.2, 0.25) is 0 Å². The van der Waals surface area contributed by atoms with E-state index in [9.17, 15) is 9.18 Å². The lowest BCUT2D eigenvalue weighted by Crippen LogP contribution is -1.99. The Hall–Kier alpha value is -1.88. The number of halogens is 1. The summed E-state index contributed by atoms with van der Waals surface area (Å²) in [7, 11) is 1.43. The van der Waals surface area contributed by atoms with E-state index in [1.807, 2.05) is 0 Å². The molecule has 0 atom stereocenters. The molecule has 5 heteroatoms. The molecular weight excluding hydrogens is 215 g/mol. The quantitative estimate of drug-likeness (QED) is 0.869. The summed E-state index contributed by atoms with van der Waals surface area (Å²) in [5.74, 6) is -2.09. The highest BCUT2D eigenvalue weighted by Gasteiger charge is 2.21. The van der Waals surface area contributed by atoms with Gasteiger partial charge in [-0.3, -0.25) is 0 Å². The van der Waals surface area contributed by atoms with Gasteiger partial charge in [-0.2, -0.15) is 0 Å². The summed E-state index contributed by atoms with van der Waals surface area (Å²) in [4.78, 5) is 10.9. The number of ether oxygens (including phenoxy) is 1. The lowest BCUT2D eigenvalue weighted by Gasteiger charge is -1.97. The van der Waals surface area contributed by atoms with Crippen LogP contribution in [0.1, 0.15) is 16.1 Å². The number of aromatic carboxylic acids is 1. The number of hydrogen-bond acceptors (Lipinski definition) is 3. The zero-order valence-corrected chi connectivity index (χ0v) is 8.49. The molecule has 16 heavy (non-hydrogen) atoms. The number of para-hydroxylation sites is 1. The molecule has 0 spiro atoms. The van der Waals surface area contributed by atoms with E-state index in [4.69, 9.17) is 14.3 Å². The highest BCUT2D eigenvalue weighted by Crippen LogP contribution is 2.28. The summed E-state index contributed by atoms with van der Waals surface area (Å²) in [5, 5.41) is 9.34. The fourth-order valence-electron chi connectivity index (χ4n) is 1.60. The molecule has 0 radical (unpaired) electrons. The predicted molar refractivity (Wildman–Crippen MR) is 53.8 cm³/mol. The van der Waals surface area contributed by atoms with E-state index in [2.05, 4.69) is 0 Å². The average Bonchev–Trinajstić information content (AvgIpc) is 2.60. The maximum absolute atomic E-state index is 13.4. The second kappa shape index (κ2) is 3.94. The van der Waals surface area contributed by atoms with Gasteiger partial charge in [-0.15, -0.1) is 0 Å². The molecular formula is C11H9FO4. The van der Waals surface area contributed by atoms with E-state index < -0.39 is 11.8 Å². The molecule has 1 aromatic carbocycles. The molecule has 0 bridgehead atoms. The van der Waals surface area contributed by atoms with E-state index in [0.717, 1.165) is 0 Å². The summed E-state index contributed by atoms with van der Waals surface area (Å²) < 4.78 is 23.2. The van der Waals surface area contributed by atoms with Crippen LogP contribution in [-0.4, -0.2) is 18.2 Å². The van der Waals surface area contributed by atoms with E-state index in [1.165, 1.54) is 19.2 Å². The van der Waals surface area contributed by atoms with Crippen LogP contribution in [0.3, 0.4) is 0 Å². The van der Waals surface area contributed by atoms with Crippen LogP contribution in [0.15, 0.2) is 22.6 Å². The molecule has 0 saturated heterocycles. The topological polar surface area (TPSA) is 59.7 Å². The van der Waals surface area contributed by atoms with Crippen molar-refractivity contribution in [1.82, 2.24) is 0 Å². The van der Waals surface area contributed by atoms with Crippen LogP contribution >= 0.6 is 0 Å². The van der Waals surface area contributed by atoms with Crippen molar-refractivity contribution in [2.24, 2.45) is 0 Å². The van der Waals surface area contributed by atoms with Crippen LogP contribution in [0.25, 0.3) is 11.0 Å². The molecule has 2 aromatic rings. The molecule has 0 aliphatic carbocycles. The van der Waals surface area contributed by atoms with Crippen LogP contribution < -0.4 is 0 Å². The number of benzene rings is 1. The largest absolute Gasteiger partial charge is 0.475 e. The van der Waals surface area contributed by atoms with Crippen molar-refractivity contribution in [3.8, 4) is 0 Å². The Morgan fingerprint density at radius 2 is 2.31 bits per heavy atom. The van der Waals surface area contributed by atoms with E-state index in [-0.39, 0.29) is 18.0 Å². The summed E-state index contributed by atoms with van der Waals surface area (Å²) >= 11 is 0. The third kappa shape index (κ3) is 1.55. The number of hydrogen-bond donors (Lipinski definition) is 1. The Labute approximate surface area is 90.2 Å². The maximum atomic E-state index is 13.4. The third-order valence-corrected chi connectivity index (χ3v) is 2.25. The Balaban J connectivity index is 2.75. The minimum absolute atomic E-state index is 0.0491. The minimum atomic E-state index is -1.23. The van der Waals surface area contributed by atoms with Gasteiger partial charge in [0.1, 0.15) is 0 Å². The van der Waals surface area contributed by atoms with Gasteiger partial charge < -0.3 is 14.3 Å². The fourth-order valence-corrected chi connectivity index (χ4v) is 1.60. The molecule has 4 nitrogen and oxygen atoms in total. The Morgan fingerprint density at radius 1 is 1.56 bits per heavy atom. The number of rotatable bonds is 3. The molecule has 1 N–H and O–H groups in total. The highest BCUT2D eigenvalue weighted by molar-refractivity contribution is 5.95. The summed E-state index contributed by atoms with van der Waals surface area (Å²) in [6, 6.07) is 4.31. The number of carboxylic acids is 1. The van der Waals surface area contributed by atoms with Gasteiger partial charge in [-0.05, 0) is 6.07 Å². The van der Waals surface area contributed by atoms with Gasteiger partial charge in [0, 0.05) is 18.1 Å². The van der Waals surface area contributed by atoms with Crippen LogP contribution in [0.5, 0.6) is 0 Å². The van der Waals surface area contributed by atoms with Gasteiger partial charge >= 0.3 is 5.97 Å². The standard InChI is InChI=1S/C11H9FO4/c1-15-5-7-6-3-2-4-8(12)9(6)16-10(7)11(13)14/h2-4H,5H2,1H3,(H,13,14). The fraction of sp³-hybridized carbons (Fsp3) is 0.182. The predicted octanol–water partition coefficient (Wildman–Crippen LogP) is 2.42. The maximum Gasteiger partial charge on any atom is 0.372 e. The van der Waals surface area contributed by atoms with E-state index >= 15 is 0 Å². The monoisotopic (exact) mass is 224 g/mol. The van der Waals surface area contributed by atoms with Crippen molar-refractivity contribution in [2.45, 2.75) is 6.61 Å². The smallest absolute Gasteiger partial charge is 0.372 e. The van der Waals surface area contributed by atoms with Crippen molar-refractivity contribution < 1.29 is 23.4 Å². The summed E-state index contributed by atoms with van der Waals surface area (Å²) in [6.07, 6.45) is 0. The summed E-state index contributed by atoms with van der Waals surface area (Å²) in [6.45, 7) is 0.0675. The summed E-state index contributed by atoms with van der Waals surface area (Å²) in [5.41, 5.74) is 0.302. The molecule has 0 saturated carbocycles. The van der Waals surface area contributed by atoms with Crippen molar-refractivity contribution >= 4 is 16.9 Å². The van der Waals surface area contributed by atoms with Crippen LogP contribution in [-0.2, 0) is 11.3 Å². The van der Waals surface area contributed by atoms with Gasteiger partial charge in [-0.1, -0.05) is 12.1 Å². The first-order chi connectivity index (χ1) is 7.65. The first-order valence-corrected chi connectivity index (χ1v) is 4.57. The number of furan rings is 1. The molecule has 84 valence electrons. The molecule has 0 aliphatic heterocycles.